The van der Waals surface area contributed by atoms with Gasteiger partial charge in [-0.15, -0.1) is 0 Å². The molecule has 25 heavy (non-hydrogen) atoms. The number of guanidine groups is 1. The van der Waals surface area contributed by atoms with Crippen LogP contribution in [-0.2, 0) is 12.8 Å². The van der Waals surface area contributed by atoms with Crippen molar-refractivity contribution in [1.29, 1.82) is 0 Å². The van der Waals surface area contributed by atoms with Gasteiger partial charge in [-0.05, 0) is 30.7 Å². The van der Waals surface area contributed by atoms with Crippen molar-refractivity contribution in [2.24, 2.45) is 4.99 Å². The van der Waals surface area contributed by atoms with Crippen molar-refractivity contribution in [2.45, 2.75) is 19.3 Å². The van der Waals surface area contributed by atoms with Gasteiger partial charge in [-0.2, -0.15) is 0 Å². The Morgan fingerprint density at radius 2 is 1.88 bits per heavy atom. The third kappa shape index (κ3) is 5.04. The lowest BCUT2D eigenvalue weighted by Gasteiger charge is -2.11. The van der Waals surface area contributed by atoms with E-state index in [0.29, 0.717) is 0 Å². The molecular formula is C19H24N6. The number of aromatic nitrogens is 3. The highest BCUT2D eigenvalue weighted by Crippen LogP contribution is 2.10. The Morgan fingerprint density at radius 3 is 2.68 bits per heavy atom. The summed E-state index contributed by atoms with van der Waals surface area (Å²) in [5.74, 6) is 1.85. The first-order chi connectivity index (χ1) is 12.3. The Hall–Kier alpha value is -2.89. The molecule has 0 bridgehead atoms. The minimum Gasteiger partial charge on any atom is -0.356 e. The van der Waals surface area contributed by atoms with Crippen molar-refractivity contribution in [3.8, 4) is 0 Å². The summed E-state index contributed by atoms with van der Waals surface area (Å²) < 4.78 is 0. The normalized spacial score (nSPS) is 11.6. The van der Waals surface area contributed by atoms with Gasteiger partial charge in [0.1, 0.15) is 5.82 Å². The Morgan fingerprint density at radius 1 is 1.04 bits per heavy atom. The molecule has 0 fully saturated rings. The molecule has 2 heterocycles. The molecule has 2 aromatic heterocycles. The van der Waals surface area contributed by atoms with Crippen molar-refractivity contribution in [2.75, 3.05) is 20.1 Å². The number of H-pyrrole nitrogens is 1. The average Bonchev–Trinajstić information content (AvgIpc) is 3.07. The largest absolute Gasteiger partial charge is 0.356 e. The van der Waals surface area contributed by atoms with E-state index < -0.39 is 0 Å². The van der Waals surface area contributed by atoms with Crippen molar-refractivity contribution in [3.05, 3.63) is 60.2 Å². The lowest BCUT2D eigenvalue weighted by atomic mass is 10.3. The van der Waals surface area contributed by atoms with Crippen molar-refractivity contribution in [1.82, 2.24) is 25.6 Å². The topological polar surface area (TPSA) is 78.0 Å². The quantitative estimate of drug-likeness (QED) is 0.351. The summed E-state index contributed by atoms with van der Waals surface area (Å²) in [5, 5.41) is 6.65. The van der Waals surface area contributed by atoms with Gasteiger partial charge in [-0.1, -0.05) is 18.2 Å². The molecule has 0 saturated heterocycles. The number of fused-ring (bicyclic) bond motifs is 1. The van der Waals surface area contributed by atoms with E-state index in [0.717, 1.165) is 60.9 Å². The van der Waals surface area contributed by atoms with Crippen LogP contribution >= 0.6 is 0 Å². The van der Waals surface area contributed by atoms with E-state index in [1.807, 2.05) is 42.6 Å². The highest BCUT2D eigenvalue weighted by Gasteiger charge is 2.02. The molecule has 0 atom stereocenters. The molecule has 0 unspecified atom stereocenters. The van der Waals surface area contributed by atoms with E-state index in [4.69, 9.17) is 0 Å². The summed E-state index contributed by atoms with van der Waals surface area (Å²) in [6.45, 7) is 1.65. The maximum absolute atomic E-state index is 4.60. The van der Waals surface area contributed by atoms with Crippen molar-refractivity contribution >= 4 is 17.0 Å². The lowest BCUT2D eigenvalue weighted by Crippen LogP contribution is -2.38. The van der Waals surface area contributed by atoms with E-state index in [1.165, 1.54) is 0 Å². The lowest BCUT2D eigenvalue weighted by molar-refractivity contribution is 0.722. The van der Waals surface area contributed by atoms with E-state index in [-0.39, 0.29) is 0 Å². The molecule has 3 aromatic rings. The van der Waals surface area contributed by atoms with E-state index >= 15 is 0 Å². The molecule has 0 amide bonds. The van der Waals surface area contributed by atoms with Gasteiger partial charge >= 0.3 is 0 Å². The highest BCUT2D eigenvalue weighted by atomic mass is 15.2. The van der Waals surface area contributed by atoms with Crippen LogP contribution in [0.15, 0.2) is 53.7 Å². The second kappa shape index (κ2) is 8.82. The monoisotopic (exact) mass is 336 g/mol. The van der Waals surface area contributed by atoms with E-state index in [1.54, 1.807) is 7.05 Å². The molecule has 130 valence electrons. The van der Waals surface area contributed by atoms with Crippen LogP contribution in [0.3, 0.4) is 0 Å². The van der Waals surface area contributed by atoms with Gasteiger partial charge in [0, 0.05) is 44.9 Å². The zero-order valence-electron chi connectivity index (χ0n) is 14.5. The molecule has 0 aliphatic carbocycles. The predicted octanol–water partition coefficient (Wildman–Crippen LogP) is 2.30. The standard InChI is InChI=1S/C19H24N6/c1-20-19(23-14-11-15-7-4-5-12-21-15)22-13-6-10-18-24-16-8-2-3-9-17(16)25-18/h2-5,7-9,12H,6,10-11,13-14H2,1H3,(H,24,25)(H2,20,22,23). The SMILES string of the molecule is CN=C(NCCCc1nc2ccccc2[nH]1)NCCc1ccccn1. The number of imidazole rings is 1. The number of pyridine rings is 1. The first kappa shape index (κ1) is 17.0. The van der Waals surface area contributed by atoms with Crippen LogP contribution in [-0.4, -0.2) is 41.0 Å². The Bertz CT molecular complexity index is 776. The second-order valence-corrected chi connectivity index (χ2v) is 5.80. The Kier molecular flexibility index (Phi) is 5.98. The first-order valence-electron chi connectivity index (χ1n) is 8.63. The fourth-order valence-corrected chi connectivity index (χ4v) is 2.66. The van der Waals surface area contributed by atoms with Crippen LogP contribution in [0.1, 0.15) is 17.9 Å². The third-order valence-electron chi connectivity index (χ3n) is 3.94. The molecule has 0 aliphatic rings. The zero-order valence-corrected chi connectivity index (χ0v) is 14.5. The first-order valence-corrected chi connectivity index (χ1v) is 8.63. The summed E-state index contributed by atoms with van der Waals surface area (Å²) >= 11 is 0. The van der Waals surface area contributed by atoms with Crippen molar-refractivity contribution < 1.29 is 0 Å². The maximum Gasteiger partial charge on any atom is 0.190 e. The van der Waals surface area contributed by atoms with Crippen LogP contribution in [0, 0.1) is 0 Å². The number of nitrogens with one attached hydrogen (secondary N) is 3. The second-order valence-electron chi connectivity index (χ2n) is 5.80. The molecule has 0 aliphatic heterocycles. The fraction of sp³-hybridized carbons (Fsp3) is 0.316. The number of nitrogens with zero attached hydrogens (tertiary/aromatic N) is 3. The molecule has 0 radical (unpaired) electrons. The van der Waals surface area contributed by atoms with Crippen LogP contribution in [0.25, 0.3) is 11.0 Å². The van der Waals surface area contributed by atoms with Gasteiger partial charge in [-0.3, -0.25) is 9.98 Å². The summed E-state index contributed by atoms with van der Waals surface area (Å²) in [6, 6.07) is 14.1. The van der Waals surface area contributed by atoms with Crippen LogP contribution in [0.2, 0.25) is 0 Å². The number of aliphatic imine (C=N–C) groups is 1. The van der Waals surface area contributed by atoms with Gasteiger partial charge in [0.25, 0.3) is 0 Å². The number of aromatic amines is 1. The number of rotatable bonds is 7. The summed E-state index contributed by atoms with van der Waals surface area (Å²) in [4.78, 5) is 16.5. The molecule has 6 heteroatoms. The summed E-state index contributed by atoms with van der Waals surface area (Å²) in [5.41, 5.74) is 3.20. The number of hydrogen-bond acceptors (Lipinski definition) is 3. The summed E-state index contributed by atoms with van der Waals surface area (Å²) in [6.07, 6.45) is 4.59. The number of benzene rings is 1. The van der Waals surface area contributed by atoms with E-state index in [2.05, 4.69) is 36.6 Å². The number of hydrogen-bond donors (Lipinski definition) is 3. The average molecular weight is 336 g/mol. The van der Waals surface area contributed by atoms with Gasteiger partial charge in [0.15, 0.2) is 5.96 Å². The molecule has 0 saturated carbocycles. The van der Waals surface area contributed by atoms with Crippen molar-refractivity contribution in [3.63, 3.8) is 0 Å². The molecule has 6 nitrogen and oxygen atoms in total. The molecular weight excluding hydrogens is 312 g/mol. The third-order valence-corrected chi connectivity index (χ3v) is 3.94. The smallest absolute Gasteiger partial charge is 0.190 e. The Labute approximate surface area is 147 Å². The van der Waals surface area contributed by atoms with Crippen LogP contribution in [0.4, 0.5) is 0 Å². The molecule has 1 aromatic carbocycles. The number of aryl methyl sites for hydroxylation is 1. The van der Waals surface area contributed by atoms with Gasteiger partial charge in [0.2, 0.25) is 0 Å². The van der Waals surface area contributed by atoms with Crippen LogP contribution < -0.4 is 10.6 Å². The summed E-state index contributed by atoms with van der Waals surface area (Å²) in [7, 11) is 1.79. The van der Waals surface area contributed by atoms with Crippen LogP contribution in [0.5, 0.6) is 0 Å². The zero-order chi connectivity index (χ0) is 17.3. The van der Waals surface area contributed by atoms with E-state index in [9.17, 15) is 0 Å². The fourth-order valence-electron chi connectivity index (χ4n) is 2.66. The molecule has 0 spiro atoms. The van der Waals surface area contributed by atoms with Gasteiger partial charge in [-0.25, -0.2) is 4.98 Å². The molecule has 3 rings (SSSR count). The highest BCUT2D eigenvalue weighted by molar-refractivity contribution is 5.79. The number of para-hydroxylation sites is 2. The maximum atomic E-state index is 4.60. The van der Waals surface area contributed by atoms with Gasteiger partial charge < -0.3 is 15.6 Å². The minimum atomic E-state index is 0.806. The van der Waals surface area contributed by atoms with Gasteiger partial charge in [0.05, 0.1) is 11.0 Å². The Balaban J connectivity index is 1.36. The predicted molar refractivity (Wildman–Crippen MR) is 102 cm³/mol. The minimum absolute atomic E-state index is 0.806. The molecule has 3 N–H and O–H groups in total.